The van der Waals surface area contributed by atoms with Crippen molar-refractivity contribution in [1.82, 2.24) is 0 Å². The largest absolute Gasteiger partial charge is 0.493 e. The summed E-state index contributed by atoms with van der Waals surface area (Å²) in [5, 5.41) is 2.25. The lowest BCUT2D eigenvalue weighted by Crippen LogP contribution is -2.84. The van der Waals surface area contributed by atoms with Gasteiger partial charge in [-0.15, -0.1) is 0 Å². The average Bonchev–Trinajstić information content (AvgIpc) is 2.42. The second-order valence-electron chi connectivity index (χ2n) is 4.65. The van der Waals surface area contributed by atoms with Gasteiger partial charge in [0, 0.05) is 6.42 Å². The topological polar surface area (TPSA) is 25.8 Å². The molecule has 0 saturated heterocycles. The fourth-order valence-corrected chi connectivity index (χ4v) is 1.88. The van der Waals surface area contributed by atoms with E-state index < -0.39 is 0 Å². The molecule has 2 N–H and O–H groups in total. The standard InChI is InChI=1S/C16H25NO/c1-4-11-17-12-8-13-18-16-10-7-6-9-15(16)14(3)5-2/h4,6-7,9-10,14,17H,1,5,8,11-13H2,2-3H3/p+1/t14-/m0/s1. The lowest BCUT2D eigenvalue weighted by Gasteiger charge is -2.15. The van der Waals surface area contributed by atoms with Crippen LogP contribution in [0.2, 0.25) is 0 Å². The van der Waals surface area contributed by atoms with E-state index in [2.05, 4.69) is 43.9 Å². The number of benzene rings is 1. The third kappa shape index (κ3) is 4.92. The van der Waals surface area contributed by atoms with Crippen molar-refractivity contribution >= 4 is 0 Å². The van der Waals surface area contributed by atoms with Crippen LogP contribution < -0.4 is 10.1 Å². The van der Waals surface area contributed by atoms with E-state index in [0.717, 1.165) is 38.3 Å². The van der Waals surface area contributed by atoms with Gasteiger partial charge in [-0.05, 0) is 30.0 Å². The van der Waals surface area contributed by atoms with Gasteiger partial charge in [0.05, 0.1) is 19.7 Å². The molecular weight excluding hydrogens is 222 g/mol. The SMILES string of the molecule is C=CC[NH2+]CCCOc1ccccc1[C@@H](C)CC. The first kappa shape index (κ1) is 14.8. The molecule has 100 valence electrons. The average molecular weight is 248 g/mol. The Morgan fingerprint density at radius 3 is 2.89 bits per heavy atom. The van der Waals surface area contributed by atoms with Crippen molar-refractivity contribution < 1.29 is 10.1 Å². The van der Waals surface area contributed by atoms with E-state index in [9.17, 15) is 0 Å². The Labute approximate surface area is 111 Å². The first-order valence-electron chi connectivity index (χ1n) is 6.93. The Morgan fingerprint density at radius 2 is 2.17 bits per heavy atom. The highest BCUT2D eigenvalue weighted by molar-refractivity contribution is 5.35. The van der Waals surface area contributed by atoms with Gasteiger partial charge >= 0.3 is 0 Å². The maximum atomic E-state index is 5.89. The Balaban J connectivity index is 2.39. The maximum Gasteiger partial charge on any atom is 0.122 e. The minimum Gasteiger partial charge on any atom is -0.493 e. The van der Waals surface area contributed by atoms with Gasteiger partial charge < -0.3 is 10.1 Å². The van der Waals surface area contributed by atoms with Crippen molar-refractivity contribution in [2.24, 2.45) is 0 Å². The second-order valence-corrected chi connectivity index (χ2v) is 4.65. The van der Waals surface area contributed by atoms with Crippen LogP contribution in [0.15, 0.2) is 36.9 Å². The quantitative estimate of drug-likeness (QED) is 0.528. The molecule has 0 aliphatic heterocycles. The molecule has 1 aromatic rings. The molecule has 1 rings (SSSR count). The first-order valence-corrected chi connectivity index (χ1v) is 6.93. The van der Waals surface area contributed by atoms with Crippen LogP contribution in [0.25, 0.3) is 0 Å². The molecule has 0 heterocycles. The fourth-order valence-electron chi connectivity index (χ4n) is 1.88. The Kier molecular flexibility index (Phi) is 7.19. The fraction of sp³-hybridized carbons (Fsp3) is 0.500. The van der Waals surface area contributed by atoms with E-state index >= 15 is 0 Å². The third-order valence-corrected chi connectivity index (χ3v) is 3.21. The molecule has 18 heavy (non-hydrogen) atoms. The summed E-state index contributed by atoms with van der Waals surface area (Å²) in [6, 6.07) is 8.39. The summed E-state index contributed by atoms with van der Waals surface area (Å²) in [6.07, 6.45) is 4.15. The Morgan fingerprint density at radius 1 is 1.39 bits per heavy atom. The molecule has 0 amide bonds. The molecule has 0 spiro atoms. The zero-order chi connectivity index (χ0) is 13.2. The summed E-state index contributed by atoms with van der Waals surface area (Å²) in [7, 11) is 0. The summed E-state index contributed by atoms with van der Waals surface area (Å²) in [5.74, 6) is 1.61. The van der Waals surface area contributed by atoms with Crippen molar-refractivity contribution in [3.05, 3.63) is 42.5 Å². The van der Waals surface area contributed by atoms with Gasteiger partial charge in [0.1, 0.15) is 5.75 Å². The molecule has 0 aromatic heterocycles. The van der Waals surface area contributed by atoms with E-state index in [0.29, 0.717) is 5.92 Å². The van der Waals surface area contributed by atoms with Gasteiger partial charge in [-0.1, -0.05) is 38.6 Å². The van der Waals surface area contributed by atoms with E-state index in [4.69, 9.17) is 4.74 Å². The highest BCUT2D eigenvalue weighted by atomic mass is 16.5. The zero-order valence-corrected chi connectivity index (χ0v) is 11.7. The predicted molar refractivity (Wildman–Crippen MR) is 77.1 cm³/mol. The number of hydrogen-bond donors (Lipinski definition) is 1. The minimum atomic E-state index is 0.563. The highest BCUT2D eigenvalue weighted by Crippen LogP contribution is 2.28. The third-order valence-electron chi connectivity index (χ3n) is 3.21. The van der Waals surface area contributed by atoms with Gasteiger partial charge in [0.2, 0.25) is 0 Å². The normalized spacial score (nSPS) is 12.1. The van der Waals surface area contributed by atoms with Crippen LogP contribution in [0.3, 0.4) is 0 Å². The zero-order valence-electron chi connectivity index (χ0n) is 11.7. The van der Waals surface area contributed by atoms with E-state index in [-0.39, 0.29) is 0 Å². The number of para-hydroxylation sites is 1. The van der Waals surface area contributed by atoms with Crippen LogP contribution in [-0.2, 0) is 0 Å². The van der Waals surface area contributed by atoms with Crippen molar-refractivity contribution in [3.8, 4) is 5.75 Å². The van der Waals surface area contributed by atoms with Crippen LogP contribution >= 0.6 is 0 Å². The summed E-state index contributed by atoms with van der Waals surface area (Å²) in [5.41, 5.74) is 1.33. The van der Waals surface area contributed by atoms with E-state index in [1.54, 1.807) is 0 Å². The minimum absolute atomic E-state index is 0.563. The summed E-state index contributed by atoms with van der Waals surface area (Å²) in [4.78, 5) is 0. The van der Waals surface area contributed by atoms with Crippen LogP contribution in [0.1, 0.15) is 38.2 Å². The number of nitrogens with two attached hydrogens (primary N) is 1. The molecule has 2 nitrogen and oxygen atoms in total. The molecule has 0 aliphatic carbocycles. The maximum absolute atomic E-state index is 5.89. The van der Waals surface area contributed by atoms with Crippen molar-refractivity contribution in [2.75, 3.05) is 19.7 Å². The lowest BCUT2D eigenvalue weighted by atomic mass is 9.98. The van der Waals surface area contributed by atoms with Crippen molar-refractivity contribution in [2.45, 2.75) is 32.6 Å². The second kappa shape index (κ2) is 8.76. The molecule has 0 bridgehead atoms. The molecule has 1 atom stereocenters. The highest BCUT2D eigenvalue weighted by Gasteiger charge is 2.08. The molecule has 0 fully saturated rings. The van der Waals surface area contributed by atoms with Crippen LogP contribution in [0, 0.1) is 0 Å². The van der Waals surface area contributed by atoms with Gasteiger partial charge in [-0.25, -0.2) is 0 Å². The Hall–Kier alpha value is -1.28. The molecule has 0 unspecified atom stereocenters. The van der Waals surface area contributed by atoms with Gasteiger partial charge in [0.15, 0.2) is 0 Å². The number of hydrogen-bond acceptors (Lipinski definition) is 1. The van der Waals surface area contributed by atoms with E-state index in [1.807, 2.05) is 12.1 Å². The van der Waals surface area contributed by atoms with E-state index in [1.165, 1.54) is 5.56 Å². The number of quaternary nitrogens is 1. The summed E-state index contributed by atoms with van der Waals surface area (Å²) >= 11 is 0. The molecular formula is C16H26NO+. The number of ether oxygens (including phenoxy) is 1. The van der Waals surface area contributed by atoms with Gasteiger partial charge in [-0.2, -0.15) is 0 Å². The summed E-state index contributed by atoms with van der Waals surface area (Å²) < 4.78 is 5.89. The van der Waals surface area contributed by atoms with Gasteiger partial charge in [-0.3, -0.25) is 0 Å². The molecule has 0 aliphatic rings. The molecule has 2 heteroatoms. The molecule has 1 aromatic carbocycles. The lowest BCUT2D eigenvalue weighted by molar-refractivity contribution is -0.646. The van der Waals surface area contributed by atoms with Crippen molar-refractivity contribution in [3.63, 3.8) is 0 Å². The molecule has 0 radical (unpaired) electrons. The summed E-state index contributed by atoms with van der Waals surface area (Å²) in [6.45, 7) is 11.0. The van der Waals surface area contributed by atoms with Gasteiger partial charge in [0.25, 0.3) is 0 Å². The Bertz CT molecular complexity index is 349. The predicted octanol–water partition coefficient (Wildman–Crippen LogP) is 2.72. The molecule has 0 saturated carbocycles. The monoisotopic (exact) mass is 248 g/mol. The van der Waals surface area contributed by atoms with Crippen molar-refractivity contribution in [1.29, 1.82) is 0 Å². The smallest absolute Gasteiger partial charge is 0.122 e. The van der Waals surface area contributed by atoms with Crippen LogP contribution in [-0.4, -0.2) is 19.7 Å². The number of rotatable bonds is 9. The van der Waals surface area contributed by atoms with Crippen LogP contribution in [0.5, 0.6) is 5.75 Å². The first-order chi connectivity index (χ1) is 8.79. The van der Waals surface area contributed by atoms with Crippen LogP contribution in [0.4, 0.5) is 0 Å².